The summed E-state index contributed by atoms with van der Waals surface area (Å²) >= 11 is 1.51. The third kappa shape index (κ3) is 3.21. The van der Waals surface area contributed by atoms with Crippen LogP contribution in [0.4, 0.5) is 0 Å². The first kappa shape index (κ1) is 21.2. The number of ether oxygens (including phenoxy) is 1. The molecule has 0 radical (unpaired) electrons. The topological polar surface area (TPSA) is 108 Å². The molecule has 1 aromatic carbocycles. The lowest BCUT2D eigenvalue weighted by Gasteiger charge is -2.29. The van der Waals surface area contributed by atoms with E-state index in [-0.39, 0.29) is 17.3 Å². The third-order valence-corrected chi connectivity index (χ3v) is 7.43. The Bertz CT molecular complexity index is 1320. The Morgan fingerprint density at radius 2 is 2.15 bits per heavy atom. The number of carbonyl (C=O) groups excluding carboxylic acids is 1. The number of fused-ring (bicyclic) bond motifs is 3. The number of nitriles is 1. The smallest absolute Gasteiger partial charge is 0.339 e. The maximum absolute atomic E-state index is 13.6. The first-order valence-electron chi connectivity index (χ1n) is 10.7. The third-order valence-electron chi connectivity index (χ3n) is 6.56. The lowest BCUT2D eigenvalue weighted by molar-refractivity contribution is 0.0670. The van der Waals surface area contributed by atoms with Crippen molar-refractivity contribution in [2.45, 2.75) is 38.3 Å². The van der Waals surface area contributed by atoms with Crippen molar-refractivity contribution in [3.8, 4) is 33.6 Å². The number of carboxylic acids is 1. The van der Waals surface area contributed by atoms with E-state index in [0.29, 0.717) is 37.4 Å². The minimum Gasteiger partial charge on any atom is -0.496 e. The molecule has 0 bridgehead atoms. The van der Waals surface area contributed by atoms with Crippen molar-refractivity contribution in [2.75, 3.05) is 13.7 Å². The van der Waals surface area contributed by atoms with Crippen LogP contribution < -0.4 is 4.74 Å². The quantitative estimate of drug-likeness (QED) is 0.626. The lowest BCUT2D eigenvalue weighted by atomic mass is 9.94. The Kier molecular flexibility index (Phi) is 4.98. The van der Waals surface area contributed by atoms with Gasteiger partial charge in [0.2, 0.25) is 0 Å². The van der Waals surface area contributed by atoms with E-state index in [1.54, 1.807) is 24.0 Å². The van der Waals surface area contributed by atoms with E-state index in [2.05, 4.69) is 6.07 Å². The number of aromatic carboxylic acids is 1. The highest BCUT2D eigenvalue weighted by molar-refractivity contribution is 7.13. The number of hydrogen-bond donors (Lipinski definition) is 1. The van der Waals surface area contributed by atoms with Gasteiger partial charge in [-0.15, -0.1) is 11.3 Å². The van der Waals surface area contributed by atoms with E-state index in [1.807, 2.05) is 22.1 Å². The van der Waals surface area contributed by atoms with Gasteiger partial charge in [0.25, 0.3) is 5.91 Å². The second-order valence-corrected chi connectivity index (χ2v) is 9.42. The molecule has 8 nitrogen and oxygen atoms in total. The molecule has 3 aromatic rings. The van der Waals surface area contributed by atoms with Crippen LogP contribution in [0.15, 0.2) is 29.6 Å². The van der Waals surface area contributed by atoms with E-state index < -0.39 is 11.5 Å². The van der Waals surface area contributed by atoms with E-state index >= 15 is 0 Å². The monoisotopic (exact) mass is 462 g/mol. The molecule has 168 valence electrons. The summed E-state index contributed by atoms with van der Waals surface area (Å²) in [7, 11) is 1.46. The second-order valence-electron chi connectivity index (χ2n) is 8.47. The summed E-state index contributed by atoms with van der Waals surface area (Å²) in [6, 6.07) is 9.53. The van der Waals surface area contributed by atoms with Gasteiger partial charge in [-0.1, -0.05) is 6.07 Å². The Morgan fingerprint density at radius 3 is 2.82 bits per heavy atom. The molecule has 2 aromatic heterocycles. The van der Waals surface area contributed by atoms with Gasteiger partial charge < -0.3 is 19.3 Å². The Labute approximate surface area is 194 Å². The molecule has 9 heteroatoms. The van der Waals surface area contributed by atoms with Gasteiger partial charge in [-0.25, -0.2) is 9.78 Å². The molecule has 0 saturated carbocycles. The Balaban J connectivity index is 1.73. The highest BCUT2D eigenvalue weighted by Crippen LogP contribution is 2.42. The van der Waals surface area contributed by atoms with Gasteiger partial charge >= 0.3 is 5.97 Å². The van der Waals surface area contributed by atoms with E-state index in [0.717, 1.165) is 28.1 Å². The number of carbonyl (C=O) groups is 2. The van der Waals surface area contributed by atoms with Crippen LogP contribution in [0, 0.1) is 11.3 Å². The van der Waals surface area contributed by atoms with Gasteiger partial charge in [-0.05, 0) is 55.3 Å². The number of likely N-dealkylation sites (tertiary alicyclic amines) is 1. The van der Waals surface area contributed by atoms with Gasteiger partial charge in [-0.2, -0.15) is 5.26 Å². The molecule has 5 rings (SSSR count). The largest absolute Gasteiger partial charge is 0.496 e. The molecule has 0 unspecified atom stereocenters. The maximum Gasteiger partial charge on any atom is 0.339 e. The van der Waals surface area contributed by atoms with Crippen molar-refractivity contribution >= 4 is 23.2 Å². The molecule has 1 atom stereocenters. The van der Waals surface area contributed by atoms with Crippen LogP contribution in [0.5, 0.6) is 5.75 Å². The zero-order valence-corrected chi connectivity index (χ0v) is 19.1. The molecule has 1 amide bonds. The van der Waals surface area contributed by atoms with E-state index in [4.69, 9.17) is 9.72 Å². The van der Waals surface area contributed by atoms with Crippen molar-refractivity contribution < 1.29 is 19.4 Å². The first-order chi connectivity index (χ1) is 15.9. The Hall–Kier alpha value is -3.64. The van der Waals surface area contributed by atoms with Crippen LogP contribution in [0.25, 0.3) is 21.8 Å². The summed E-state index contributed by atoms with van der Waals surface area (Å²) in [4.78, 5) is 32.8. The fourth-order valence-corrected chi connectivity index (χ4v) is 5.55. The Morgan fingerprint density at radius 1 is 1.33 bits per heavy atom. The lowest BCUT2D eigenvalue weighted by Crippen LogP contribution is -2.45. The molecule has 0 spiro atoms. The second kappa shape index (κ2) is 7.74. The highest BCUT2D eigenvalue weighted by atomic mass is 32.1. The SMILES string of the molecule is COc1cc2c(cc1C(=O)O)-c1c(-c3cccs3)nc(C(=O)N3CCC[C@]3(C)C#N)n1CC2. The molecule has 1 saturated heterocycles. The molecule has 1 fully saturated rings. The molecule has 2 aliphatic heterocycles. The van der Waals surface area contributed by atoms with Crippen molar-refractivity contribution in [1.82, 2.24) is 14.5 Å². The minimum atomic E-state index is -1.08. The molecule has 2 aliphatic rings. The fraction of sp³-hybridized carbons (Fsp3) is 0.333. The molecule has 1 N–H and O–H groups in total. The minimum absolute atomic E-state index is 0.0625. The number of rotatable bonds is 4. The summed E-state index contributed by atoms with van der Waals surface area (Å²) in [5, 5.41) is 21.4. The predicted molar refractivity (Wildman–Crippen MR) is 122 cm³/mol. The molecular formula is C24H22N4O4S. The van der Waals surface area contributed by atoms with Gasteiger partial charge in [0.1, 0.15) is 22.5 Å². The zero-order valence-electron chi connectivity index (χ0n) is 18.3. The molecular weight excluding hydrogens is 440 g/mol. The number of hydrogen-bond acceptors (Lipinski definition) is 6. The normalized spacial score (nSPS) is 19.0. The highest BCUT2D eigenvalue weighted by Gasteiger charge is 2.42. The summed E-state index contributed by atoms with van der Waals surface area (Å²) in [6.07, 6.45) is 2.01. The summed E-state index contributed by atoms with van der Waals surface area (Å²) < 4.78 is 7.20. The molecule has 33 heavy (non-hydrogen) atoms. The number of aromatic nitrogens is 2. The summed E-state index contributed by atoms with van der Waals surface area (Å²) in [6.45, 7) is 2.82. The van der Waals surface area contributed by atoms with E-state index in [1.165, 1.54) is 18.4 Å². The van der Waals surface area contributed by atoms with Crippen LogP contribution in [-0.2, 0) is 13.0 Å². The van der Waals surface area contributed by atoms with Crippen molar-refractivity contribution in [2.24, 2.45) is 0 Å². The maximum atomic E-state index is 13.6. The zero-order chi connectivity index (χ0) is 23.3. The van der Waals surface area contributed by atoms with Gasteiger partial charge in [0, 0.05) is 18.7 Å². The number of imidazole rings is 1. The molecule has 4 heterocycles. The summed E-state index contributed by atoms with van der Waals surface area (Å²) in [5.74, 6) is -0.752. The van der Waals surface area contributed by atoms with E-state index in [9.17, 15) is 20.0 Å². The van der Waals surface area contributed by atoms with Gasteiger partial charge in [0.15, 0.2) is 5.82 Å². The van der Waals surface area contributed by atoms with Crippen molar-refractivity contribution in [1.29, 1.82) is 5.26 Å². The molecule has 0 aliphatic carbocycles. The number of benzene rings is 1. The standard InChI is InChI=1S/C24H22N4O4S/c1-24(13-25)7-4-8-28(24)22(29)21-26-19(18-5-3-10-33-18)20-15-12-16(23(30)31)17(32-2)11-14(15)6-9-27(20)21/h3,5,10-12H,4,6-9H2,1-2H3,(H,30,31)/t24-/m1/s1. The first-order valence-corrected chi connectivity index (χ1v) is 11.6. The predicted octanol–water partition coefficient (Wildman–Crippen LogP) is 4.06. The van der Waals surface area contributed by atoms with Crippen LogP contribution in [0.3, 0.4) is 0 Å². The summed E-state index contributed by atoms with van der Waals surface area (Å²) in [5.41, 5.74) is 2.26. The van der Waals surface area contributed by atoms with Crippen LogP contribution >= 0.6 is 11.3 Å². The van der Waals surface area contributed by atoms with Gasteiger partial charge in [0.05, 0.1) is 23.8 Å². The fourth-order valence-electron chi connectivity index (χ4n) is 4.84. The number of aryl methyl sites for hydroxylation is 1. The van der Waals surface area contributed by atoms with Crippen LogP contribution in [-0.4, -0.2) is 50.6 Å². The number of thiophene rings is 1. The van der Waals surface area contributed by atoms with Crippen LogP contribution in [0.2, 0.25) is 0 Å². The van der Waals surface area contributed by atoms with Crippen LogP contribution in [0.1, 0.15) is 46.3 Å². The van der Waals surface area contributed by atoms with Crippen molar-refractivity contribution in [3.05, 3.63) is 46.6 Å². The average Bonchev–Trinajstić information content (AvgIpc) is 3.56. The average molecular weight is 463 g/mol. The number of carboxylic acid groups (broad SMARTS) is 1. The number of amides is 1. The van der Waals surface area contributed by atoms with Gasteiger partial charge in [-0.3, -0.25) is 4.79 Å². The van der Waals surface area contributed by atoms with Crippen molar-refractivity contribution in [3.63, 3.8) is 0 Å². The number of nitrogens with zero attached hydrogens (tertiary/aromatic N) is 4. The number of methoxy groups -OCH3 is 1.